The van der Waals surface area contributed by atoms with Crippen LogP contribution in [0, 0.1) is 5.41 Å². The lowest BCUT2D eigenvalue weighted by Crippen LogP contribution is -2.47. The second-order valence-electron chi connectivity index (χ2n) is 1.42. The fraction of sp³-hybridized carbons (Fsp3) is 0. The van der Waals surface area contributed by atoms with Gasteiger partial charge in [-0.25, -0.2) is 16.8 Å². The lowest BCUT2D eigenvalue weighted by Gasteiger charge is -2.10. The predicted octanol–water partition coefficient (Wildman–Crippen LogP) is -2.13. The zero-order valence-corrected chi connectivity index (χ0v) is 4.77. The van der Waals surface area contributed by atoms with Gasteiger partial charge in [0.2, 0.25) is 0 Å². The van der Waals surface area contributed by atoms with Gasteiger partial charge in [0.05, 0.1) is 0 Å². The van der Waals surface area contributed by atoms with E-state index in [4.69, 9.17) is 17.1 Å². The van der Waals surface area contributed by atoms with E-state index in [1.54, 1.807) is 0 Å². The minimum atomic E-state index is -0.897. The van der Waals surface area contributed by atoms with Crippen LogP contribution in [-0.2, 0) is 0 Å². The van der Waals surface area contributed by atoms with Gasteiger partial charge < -0.3 is 0 Å². The maximum atomic E-state index is 9.95. The summed E-state index contributed by atoms with van der Waals surface area (Å²) < 4.78 is 8.22. The van der Waals surface area contributed by atoms with Crippen LogP contribution >= 0.6 is 0 Å². The molecule has 0 spiro atoms. The number of nitrogens with zero attached hydrogens (tertiary/aromatic N) is 2. The molecule has 5 N–H and O–H groups in total. The normalized spacial score (nSPS) is 9.80. The Balaban J connectivity index is 2.73. The molecule has 1 aromatic rings. The fourth-order valence-corrected chi connectivity index (χ4v) is 0.323. The maximum absolute atomic E-state index is 9.95. The monoisotopic (exact) mass is 147 g/mol. The molecule has 8 nitrogen and oxygen atoms in total. The van der Waals surface area contributed by atoms with Gasteiger partial charge in [-0.3, -0.25) is 14.5 Å². The molecule has 8 heteroatoms. The van der Waals surface area contributed by atoms with Crippen LogP contribution in [0.4, 0.5) is 0 Å². The zero-order chi connectivity index (χ0) is 7.72. The van der Waals surface area contributed by atoms with Gasteiger partial charge in [-0.15, -0.1) is 0 Å². The Morgan fingerprint density at radius 3 is 2.40 bits per heavy atom. The number of nitrogens with one attached hydrogen (secondary N) is 1. The Kier molecular flexibility index (Phi) is 1.32. The highest BCUT2D eigenvalue weighted by atomic mass is 16.8. The third-order valence-corrected chi connectivity index (χ3v) is 0.732. The Labute approximate surface area is 53.9 Å². The Hall–Kier alpha value is -1.54. The summed E-state index contributed by atoms with van der Waals surface area (Å²) in [6.45, 7) is 0. The van der Waals surface area contributed by atoms with Gasteiger partial charge in [-0.05, 0) is 0 Å². The summed E-state index contributed by atoms with van der Waals surface area (Å²) in [6.07, 6.45) is 0. The molecule has 0 aliphatic heterocycles. The van der Waals surface area contributed by atoms with Gasteiger partial charge in [0.1, 0.15) is 0 Å². The molecular weight excluding hydrogens is 142 g/mol. The summed E-state index contributed by atoms with van der Waals surface area (Å²) in [7, 11) is 0. The molecule has 1 heterocycles. The van der Waals surface area contributed by atoms with Crippen LogP contribution in [0.25, 0.3) is 0 Å². The Bertz CT molecular complexity index is 262. The third-order valence-electron chi connectivity index (χ3n) is 0.732. The summed E-state index contributed by atoms with van der Waals surface area (Å²) in [6, 6.07) is 0. The Morgan fingerprint density at radius 2 is 2.10 bits per heavy atom. The second kappa shape index (κ2) is 2.01. The maximum Gasteiger partial charge on any atom is 0.564 e. The highest BCUT2D eigenvalue weighted by Gasteiger charge is 2.11. The minimum absolute atomic E-state index is 0.437. The summed E-state index contributed by atoms with van der Waals surface area (Å²) in [5.74, 6) is 8.36. The summed E-state index contributed by atoms with van der Waals surface area (Å²) in [5, 5.41) is 7.33. The highest BCUT2D eigenvalue weighted by molar-refractivity contribution is 5.74. The van der Waals surface area contributed by atoms with Crippen molar-refractivity contribution in [2.75, 3.05) is 0 Å². The topological polar surface area (TPSA) is 127 Å². The predicted molar refractivity (Wildman–Crippen MR) is 28.6 cm³/mol. The molecular formula is C2H5N5O3. The van der Waals surface area contributed by atoms with Crippen LogP contribution in [0.2, 0.25) is 0 Å². The molecule has 56 valence electrons. The van der Waals surface area contributed by atoms with E-state index in [0.717, 1.165) is 0 Å². The molecule has 0 radical (unpaired) electrons. The van der Waals surface area contributed by atoms with Crippen molar-refractivity contribution in [2.45, 2.75) is 0 Å². The van der Waals surface area contributed by atoms with Crippen LogP contribution < -0.4 is 17.5 Å². The molecule has 0 saturated heterocycles. The smallest absolute Gasteiger partial charge is 0.264 e. The van der Waals surface area contributed by atoms with Crippen LogP contribution in [0.1, 0.15) is 0 Å². The van der Waals surface area contributed by atoms with E-state index >= 15 is 0 Å². The summed E-state index contributed by atoms with van der Waals surface area (Å²) >= 11 is 0. The minimum Gasteiger partial charge on any atom is -0.264 e. The summed E-state index contributed by atoms with van der Waals surface area (Å²) in [4.78, 5) is 10.4. The van der Waals surface area contributed by atoms with Crippen molar-refractivity contribution in [3.8, 4) is 0 Å². The van der Waals surface area contributed by atoms with Crippen molar-refractivity contribution >= 4 is 5.96 Å². The van der Waals surface area contributed by atoms with Gasteiger partial charge in [0.25, 0.3) is 5.96 Å². The van der Waals surface area contributed by atoms with E-state index in [-0.39, 0.29) is 0 Å². The highest BCUT2D eigenvalue weighted by Crippen LogP contribution is 1.82. The molecule has 0 aliphatic rings. The van der Waals surface area contributed by atoms with Gasteiger partial charge >= 0.3 is 5.82 Å². The number of aromatic nitrogens is 1. The molecule has 0 saturated carbocycles. The second-order valence-corrected chi connectivity index (χ2v) is 1.42. The first-order valence-corrected chi connectivity index (χ1v) is 2.19. The molecule has 1 rings (SSSR count). The van der Waals surface area contributed by atoms with Crippen molar-refractivity contribution in [1.29, 1.82) is 5.41 Å². The largest absolute Gasteiger partial charge is 0.564 e. The van der Waals surface area contributed by atoms with E-state index in [0.29, 0.717) is 10.0 Å². The quantitative estimate of drug-likeness (QED) is 0.166. The standard InChI is InChI=1S/C2H5N5O3/c3-1(6(4)5)7-9-2(8)10-7/h3H,4-5H2. The molecule has 10 heavy (non-hydrogen) atoms. The number of hydrogen-bond acceptors (Lipinski definition) is 6. The van der Waals surface area contributed by atoms with E-state index in [1.165, 1.54) is 0 Å². The average molecular weight is 147 g/mol. The number of nitrogens with two attached hydrogens (primary N) is 2. The van der Waals surface area contributed by atoms with E-state index in [1.807, 2.05) is 0 Å². The Morgan fingerprint density at radius 1 is 1.60 bits per heavy atom. The molecule has 0 aromatic carbocycles. The van der Waals surface area contributed by atoms with Gasteiger partial charge in [-0.1, -0.05) is 0 Å². The third kappa shape index (κ3) is 0.921. The van der Waals surface area contributed by atoms with Gasteiger partial charge in [0, 0.05) is 4.91 Å². The molecule has 1 aromatic heterocycles. The first-order chi connectivity index (χ1) is 4.61. The SMILES string of the molecule is N=C(N(N)N)n1oc(=O)o1. The first-order valence-electron chi connectivity index (χ1n) is 2.19. The van der Waals surface area contributed by atoms with Crippen molar-refractivity contribution in [1.82, 2.24) is 10.0 Å². The number of hydrazine groups is 2. The van der Waals surface area contributed by atoms with Gasteiger partial charge in [0.15, 0.2) is 0 Å². The van der Waals surface area contributed by atoms with Crippen molar-refractivity contribution in [2.24, 2.45) is 11.7 Å². The van der Waals surface area contributed by atoms with Gasteiger partial charge in [-0.2, -0.15) is 4.79 Å². The lowest BCUT2D eigenvalue weighted by molar-refractivity contribution is -0.0363. The van der Waals surface area contributed by atoms with Crippen LogP contribution in [-0.4, -0.2) is 16.0 Å². The van der Waals surface area contributed by atoms with Crippen LogP contribution in [0.15, 0.2) is 13.8 Å². The van der Waals surface area contributed by atoms with Crippen molar-refractivity contribution in [3.05, 3.63) is 10.6 Å². The number of hydrogen-bond donors (Lipinski definition) is 3. The summed E-state index contributed by atoms with van der Waals surface area (Å²) in [5.41, 5.74) is 0. The van der Waals surface area contributed by atoms with Crippen LogP contribution in [0.5, 0.6) is 0 Å². The first kappa shape index (κ1) is 6.58. The lowest BCUT2D eigenvalue weighted by atomic mass is 11.0. The molecule has 0 unspecified atom stereocenters. The average Bonchev–Trinajstić information content (AvgIpc) is 1.79. The fourth-order valence-electron chi connectivity index (χ4n) is 0.323. The van der Waals surface area contributed by atoms with Crippen molar-refractivity contribution < 1.29 is 9.05 Å². The van der Waals surface area contributed by atoms with E-state index in [9.17, 15) is 4.79 Å². The molecule has 0 aliphatic carbocycles. The van der Waals surface area contributed by atoms with E-state index < -0.39 is 11.8 Å². The number of rotatable bonds is 0. The van der Waals surface area contributed by atoms with Crippen LogP contribution in [0.3, 0.4) is 0 Å². The van der Waals surface area contributed by atoms with E-state index in [2.05, 4.69) is 9.05 Å². The van der Waals surface area contributed by atoms with Crippen molar-refractivity contribution in [3.63, 3.8) is 0 Å². The molecule has 0 bridgehead atoms. The zero-order valence-electron chi connectivity index (χ0n) is 4.77. The molecule has 0 amide bonds. The molecule has 0 fully saturated rings. The molecule has 0 atom stereocenters.